The molecule has 9 heteroatoms. The number of esters is 1. The Balaban J connectivity index is 1.50. The SMILES string of the molecule is CCOC(=O)C1=C(CSc2nc3c(cc2C#N)CCC3)OC(N)=C(C#N)[C@H]1c1cccc(OCc2ccccc2)c1. The van der Waals surface area contributed by atoms with Crippen LogP contribution in [0.15, 0.2) is 88.5 Å². The predicted octanol–water partition coefficient (Wildman–Crippen LogP) is 5.44. The van der Waals surface area contributed by atoms with Gasteiger partial charge in [0.1, 0.15) is 40.9 Å². The minimum absolute atomic E-state index is 0.0841. The van der Waals surface area contributed by atoms with Crippen LogP contribution in [0.1, 0.15) is 47.2 Å². The predicted molar refractivity (Wildman–Crippen MR) is 153 cm³/mol. The smallest absolute Gasteiger partial charge is 0.338 e. The lowest BCUT2D eigenvalue weighted by Gasteiger charge is -2.28. The molecule has 0 bridgehead atoms. The van der Waals surface area contributed by atoms with Crippen molar-refractivity contribution in [3.05, 3.63) is 111 Å². The molecule has 0 amide bonds. The number of pyridine rings is 1. The largest absolute Gasteiger partial charge is 0.489 e. The van der Waals surface area contributed by atoms with Gasteiger partial charge in [-0.2, -0.15) is 10.5 Å². The Hall–Kier alpha value is -4.73. The number of hydrogen-bond donors (Lipinski definition) is 1. The van der Waals surface area contributed by atoms with Crippen molar-refractivity contribution in [1.29, 1.82) is 10.5 Å². The first-order valence-corrected chi connectivity index (χ1v) is 14.3. The van der Waals surface area contributed by atoms with Gasteiger partial charge in [-0.25, -0.2) is 9.78 Å². The molecule has 2 N–H and O–H groups in total. The lowest BCUT2D eigenvalue weighted by Crippen LogP contribution is -2.27. The fraction of sp³-hybridized carbons (Fsp3) is 0.250. The van der Waals surface area contributed by atoms with Crippen molar-refractivity contribution in [3.63, 3.8) is 0 Å². The number of aryl methyl sites for hydroxylation is 2. The quantitative estimate of drug-likeness (QED) is 0.267. The van der Waals surface area contributed by atoms with Crippen molar-refractivity contribution >= 4 is 17.7 Å². The van der Waals surface area contributed by atoms with E-state index in [1.807, 2.05) is 48.5 Å². The first-order chi connectivity index (χ1) is 20.0. The van der Waals surface area contributed by atoms with Gasteiger partial charge >= 0.3 is 5.97 Å². The van der Waals surface area contributed by atoms with Crippen LogP contribution in [-0.2, 0) is 33.7 Å². The lowest BCUT2D eigenvalue weighted by molar-refractivity contribution is -0.139. The molecule has 3 aromatic rings. The summed E-state index contributed by atoms with van der Waals surface area (Å²) >= 11 is 1.29. The number of thioether (sulfide) groups is 1. The zero-order valence-electron chi connectivity index (χ0n) is 22.6. The molecule has 0 radical (unpaired) electrons. The van der Waals surface area contributed by atoms with Crippen molar-refractivity contribution in [2.75, 3.05) is 12.4 Å². The maximum atomic E-state index is 13.4. The van der Waals surface area contributed by atoms with Crippen LogP contribution in [0, 0.1) is 22.7 Å². The van der Waals surface area contributed by atoms with Crippen molar-refractivity contribution in [3.8, 4) is 17.9 Å². The number of carbonyl (C=O) groups excluding carboxylic acids is 1. The van der Waals surface area contributed by atoms with Crippen molar-refractivity contribution in [2.45, 2.75) is 43.7 Å². The molecule has 41 heavy (non-hydrogen) atoms. The van der Waals surface area contributed by atoms with Gasteiger partial charge in [-0.3, -0.25) is 0 Å². The van der Waals surface area contributed by atoms with E-state index < -0.39 is 11.9 Å². The van der Waals surface area contributed by atoms with Gasteiger partial charge in [0.25, 0.3) is 0 Å². The Morgan fingerprint density at radius 3 is 2.71 bits per heavy atom. The van der Waals surface area contributed by atoms with Crippen LogP contribution in [0.2, 0.25) is 0 Å². The van der Waals surface area contributed by atoms with Gasteiger partial charge in [-0.05, 0) is 61.1 Å². The molecule has 0 spiro atoms. The standard InChI is InChI=1S/C32H28N4O4S/c1-2-38-32(37)29-27(19-41-31-23(16-33)14-21-10-7-13-26(21)36-31)40-30(35)25(17-34)28(29)22-11-6-12-24(15-22)39-18-20-8-4-3-5-9-20/h3-6,8-9,11-12,14-15,28H,2,7,10,13,18-19,35H2,1H3/t28-/m1/s1. The Kier molecular flexibility index (Phi) is 8.57. The van der Waals surface area contributed by atoms with E-state index >= 15 is 0 Å². The Labute approximate surface area is 243 Å². The van der Waals surface area contributed by atoms with Gasteiger partial charge in [0, 0.05) is 5.69 Å². The van der Waals surface area contributed by atoms with Gasteiger partial charge in [-0.15, -0.1) is 0 Å². The monoisotopic (exact) mass is 564 g/mol. The number of ether oxygens (including phenoxy) is 3. The number of hydrogen-bond acceptors (Lipinski definition) is 9. The number of nitrogens with zero attached hydrogens (tertiary/aromatic N) is 3. The Morgan fingerprint density at radius 1 is 1.12 bits per heavy atom. The molecule has 2 heterocycles. The van der Waals surface area contributed by atoms with Crippen molar-refractivity contribution < 1.29 is 19.0 Å². The zero-order valence-corrected chi connectivity index (χ0v) is 23.4. The third-order valence-electron chi connectivity index (χ3n) is 6.91. The zero-order chi connectivity index (χ0) is 28.8. The number of aromatic nitrogens is 1. The molecular weight excluding hydrogens is 536 g/mol. The number of nitrogens with two attached hydrogens (primary N) is 1. The highest BCUT2D eigenvalue weighted by Crippen LogP contribution is 2.42. The summed E-state index contributed by atoms with van der Waals surface area (Å²) in [5, 5.41) is 20.4. The fourth-order valence-electron chi connectivity index (χ4n) is 4.99. The summed E-state index contributed by atoms with van der Waals surface area (Å²) in [6.45, 7) is 2.22. The van der Waals surface area contributed by atoms with Crippen LogP contribution in [0.3, 0.4) is 0 Å². The van der Waals surface area contributed by atoms with E-state index in [4.69, 9.17) is 24.9 Å². The van der Waals surface area contributed by atoms with Crippen LogP contribution in [0.4, 0.5) is 0 Å². The number of fused-ring (bicyclic) bond motifs is 1. The molecule has 5 rings (SSSR count). The van der Waals surface area contributed by atoms with Crippen LogP contribution in [0.5, 0.6) is 5.75 Å². The maximum Gasteiger partial charge on any atom is 0.338 e. The second-order valence-corrected chi connectivity index (χ2v) is 10.5. The summed E-state index contributed by atoms with van der Waals surface area (Å²) in [6.07, 6.45) is 2.79. The molecule has 1 aromatic heterocycles. The van der Waals surface area contributed by atoms with E-state index in [9.17, 15) is 15.3 Å². The molecule has 1 atom stereocenters. The van der Waals surface area contributed by atoms with Crippen LogP contribution < -0.4 is 10.5 Å². The molecular formula is C32H28N4O4S. The van der Waals surface area contributed by atoms with Gasteiger partial charge < -0.3 is 19.9 Å². The lowest BCUT2D eigenvalue weighted by atomic mass is 9.83. The topological polar surface area (TPSA) is 131 Å². The second kappa shape index (κ2) is 12.6. The summed E-state index contributed by atoms with van der Waals surface area (Å²) < 4.78 is 17.3. The van der Waals surface area contributed by atoms with Crippen molar-refractivity contribution in [2.24, 2.45) is 5.73 Å². The van der Waals surface area contributed by atoms with E-state index in [0.717, 1.165) is 36.1 Å². The molecule has 0 fully saturated rings. The van der Waals surface area contributed by atoms with Crippen LogP contribution >= 0.6 is 11.8 Å². The van der Waals surface area contributed by atoms with E-state index in [0.29, 0.717) is 28.5 Å². The summed E-state index contributed by atoms with van der Waals surface area (Å²) in [7, 11) is 0. The second-order valence-electron chi connectivity index (χ2n) is 9.53. The Morgan fingerprint density at radius 2 is 1.95 bits per heavy atom. The first kappa shape index (κ1) is 27.8. The van der Waals surface area contributed by atoms with Crippen molar-refractivity contribution in [1.82, 2.24) is 4.98 Å². The third kappa shape index (κ3) is 6.06. The minimum Gasteiger partial charge on any atom is -0.489 e. The number of benzene rings is 2. The summed E-state index contributed by atoms with van der Waals surface area (Å²) in [4.78, 5) is 18.1. The van der Waals surface area contributed by atoms with Gasteiger partial charge in [0.15, 0.2) is 0 Å². The van der Waals surface area contributed by atoms with E-state index in [1.54, 1.807) is 19.1 Å². The molecule has 2 aliphatic rings. The molecule has 8 nitrogen and oxygen atoms in total. The van der Waals surface area contributed by atoms with Gasteiger partial charge in [0.05, 0.1) is 29.4 Å². The number of rotatable bonds is 9. The average Bonchev–Trinajstić information content (AvgIpc) is 3.46. The van der Waals surface area contributed by atoms with E-state index in [-0.39, 0.29) is 35.1 Å². The third-order valence-corrected chi connectivity index (χ3v) is 7.90. The van der Waals surface area contributed by atoms with E-state index in [1.165, 1.54) is 11.8 Å². The number of allylic oxidation sites excluding steroid dienone is 1. The molecule has 206 valence electrons. The molecule has 0 unspecified atom stereocenters. The molecule has 2 aromatic carbocycles. The number of carbonyl (C=O) groups is 1. The minimum atomic E-state index is -0.827. The molecule has 1 aliphatic heterocycles. The maximum absolute atomic E-state index is 13.4. The average molecular weight is 565 g/mol. The molecule has 0 saturated carbocycles. The highest BCUT2D eigenvalue weighted by molar-refractivity contribution is 7.99. The molecule has 0 saturated heterocycles. The highest BCUT2D eigenvalue weighted by atomic mass is 32.2. The summed E-state index contributed by atoms with van der Waals surface area (Å²) in [6, 6.07) is 23.3. The summed E-state index contributed by atoms with van der Waals surface area (Å²) in [5.74, 6) is -0.516. The van der Waals surface area contributed by atoms with Crippen LogP contribution in [0.25, 0.3) is 0 Å². The van der Waals surface area contributed by atoms with E-state index in [2.05, 4.69) is 12.1 Å². The highest BCUT2D eigenvalue weighted by Gasteiger charge is 2.38. The van der Waals surface area contributed by atoms with Crippen LogP contribution in [-0.4, -0.2) is 23.3 Å². The first-order valence-electron chi connectivity index (χ1n) is 13.3. The number of nitriles is 2. The summed E-state index contributed by atoms with van der Waals surface area (Å²) in [5.41, 5.74) is 10.8. The van der Waals surface area contributed by atoms with Gasteiger partial charge in [-0.1, -0.05) is 54.2 Å². The fourth-order valence-corrected chi connectivity index (χ4v) is 5.91. The molecule has 1 aliphatic carbocycles. The Bertz CT molecular complexity index is 1620. The normalized spacial score (nSPS) is 15.9. The van der Waals surface area contributed by atoms with Gasteiger partial charge in [0.2, 0.25) is 5.88 Å².